The van der Waals surface area contributed by atoms with Gasteiger partial charge in [0.25, 0.3) is 10.0 Å². The van der Waals surface area contributed by atoms with Crippen molar-refractivity contribution in [1.29, 1.82) is 0 Å². The number of halogens is 2. The van der Waals surface area contributed by atoms with Crippen LogP contribution in [0.2, 0.25) is 10.0 Å². The monoisotopic (exact) mass is 457 g/mol. The van der Waals surface area contributed by atoms with Crippen LogP contribution in [-0.4, -0.2) is 33.3 Å². The number of nitrogens with one attached hydrogen (secondary N) is 1. The second-order valence-electron chi connectivity index (χ2n) is 5.79. The van der Waals surface area contributed by atoms with Crippen LogP contribution < -0.4 is 4.72 Å². The molecule has 0 saturated heterocycles. The van der Waals surface area contributed by atoms with Gasteiger partial charge in [0.1, 0.15) is 4.90 Å². The van der Waals surface area contributed by atoms with Gasteiger partial charge in [0, 0.05) is 22.5 Å². The minimum atomic E-state index is -3.93. The van der Waals surface area contributed by atoms with E-state index >= 15 is 0 Å². The van der Waals surface area contributed by atoms with Crippen LogP contribution in [0.15, 0.2) is 64.5 Å². The number of hydrogen-bond acceptors (Lipinski definition) is 6. The molecule has 0 fully saturated rings. The summed E-state index contributed by atoms with van der Waals surface area (Å²) in [5.74, 6) is 0. The van der Waals surface area contributed by atoms with Crippen molar-refractivity contribution in [3.05, 3.63) is 64.6 Å². The van der Waals surface area contributed by atoms with E-state index < -0.39 is 19.9 Å². The summed E-state index contributed by atoms with van der Waals surface area (Å²) in [6.45, 7) is 0. The van der Waals surface area contributed by atoms with E-state index in [-0.39, 0.29) is 20.0 Å². The van der Waals surface area contributed by atoms with Gasteiger partial charge in [-0.1, -0.05) is 35.3 Å². The minimum absolute atomic E-state index is 0.0507. The SMILES string of the molecule is CS(=O)(=O)c1ccc(-c2ccc(NS(=O)(=O)c3cc(Cl)ccc3Cl)cc2)nn1. The number of rotatable bonds is 5. The highest BCUT2D eigenvalue weighted by atomic mass is 35.5. The third-order valence-electron chi connectivity index (χ3n) is 3.64. The summed E-state index contributed by atoms with van der Waals surface area (Å²) in [5, 5.41) is 7.75. The maximum atomic E-state index is 12.5. The summed E-state index contributed by atoms with van der Waals surface area (Å²) in [5.41, 5.74) is 1.39. The van der Waals surface area contributed by atoms with Gasteiger partial charge in [0.2, 0.25) is 0 Å². The van der Waals surface area contributed by atoms with E-state index in [1.807, 2.05) is 0 Å². The Hall–Kier alpha value is -2.20. The first-order chi connectivity index (χ1) is 13.1. The second kappa shape index (κ2) is 7.67. The predicted octanol–water partition coefficient (Wildman–Crippen LogP) is 3.65. The Labute approximate surface area is 172 Å². The van der Waals surface area contributed by atoms with Crippen molar-refractivity contribution < 1.29 is 16.8 Å². The van der Waals surface area contributed by atoms with Crippen LogP contribution >= 0.6 is 23.2 Å². The van der Waals surface area contributed by atoms with Gasteiger partial charge < -0.3 is 0 Å². The van der Waals surface area contributed by atoms with Crippen molar-refractivity contribution in [3.63, 3.8) is 0 Å². The fourth-order valence-corrected chi connectivity index (χ4v) is 4.60. The Morgan fingerprint density at radius 3 is 2.11 bits per heavy atom. The van der Waals surface area contributed by atoms with E-state index in [0.717, 1.165) is 6.26 Å². The maximum Gasteiger partial charge on any atom is 0.263 e. The first-order valence-corrected chi connectivity index (χ1v) is 11.8. The molecule has 0 aliphatic carbocycles. The highest BCUT2D eigenvalue weighted by Crippen LogP contribution is 2.27. The molecule has 7 nitrogen and oxygen atoms in total. The number of sulfone groups is 1. The van der Waals surface area contributed by atoms with Crippen LogP contribution in [0.4, 0.5) is 5.69 Å². The molecule has 1 aromatic heterocycles. The van der Waals surface area contributed by atoms with Gasteiger partial charge in [-0.2, -0.15) is 0 Å². The molecule has 2 aromatic carbocycles. The van der Waals surface area contributed by atoms with Crippen molar-refractivity contribution in [1.82, 2.24) is 10.2 Å². The van der Waals surface area contributed by atoms with Crippen molar-refractivity contribution >= 4 is 48.7 Å². The standard InChI is InChI=1S/C17H13Cl2N3O4S2/c1-27(23,24)17-9-8-15(20-21-17)11-2-5-13(6-3-11)22-28(25,26)16-10-12(18)4-7-14(16)19/h2-10,22H,1H3. The number of hydrogen-bond donors (Lipinski definition) is 1. The van der Waals surface area contributed by atoms with Crippen LogP contribution in [0, 0.1) is 0 Å². The number of nitrogens with zero attached hydrogens (tertiary/aromatic N) is 2. The maximum absolute atomic E-state index is 12.5. The zero-order chi connectivity index (χ0) is 20.5. The quantitative estimate of drug-likeness (QED) is 0.626. The minimum Gasteiger partial charge on any atom is -0.280 e. The van der Waals surface area contributed by atoms with Crippen molar-refractivity contribution in [2.75, 3.05) is 11.0 Å². The molecular weight excluding hydrogens is 445 g/mol. The van der Waals surface area contributed by atoms with Crippen molar-refractivity contribution in [3.8, 4) is 11.3 Å². The average molecular weight is 458 g/mol. The Bertz CT molecular complexity index is 1230. The molecule has 0 aliphatic heterocycles. The summed E-state index contributed by atoms with van der Waals surface area (Å²) in [4.78, 5) is -0.132. The van der Waals surface area contributed by atoms with Crippen molar-refractivity contribution in [2.24, 2.45) is 0 Å². The molecule has 0 aliphatic rings. The Kier molecular flexibility index (Phi) is 5.62. The van der Waals surface area contributed by atoms with E-state index in [1.165, 1.54) is 42.5 Å². The first kappa shape index (κ1) is 20.5. The van der Waals surface area contributed by atoms with Crippen LogP contribution in [0.5, 0.6) is 0 Å². The fraction of sp³-hybridized carbons (Fsp3) is 0.0588. The Balaban J connectivity index is 1.84. The van der Waals surface area contributed by atoms with Crippen LogP contribution in [0.3, 0.4) is 0 Å². The van der Waals surface area contributed by atoms with Crippen LogP contribution in [0.1, 0.15) is 0 Å². The zero-order valence-electron chi connectivity index (χ0n) is 14.3. The van der Waals surface area contributed by atoms with Crippen LogP contribution in [-0.2, 0) is 19.9 Å². The van der Waals surface area contributed by atoms with Gasteiger partial charge in [-0.3, -0.25) is 4.72 Å². The van der Waals surface area contributed by atoms with Gasteiger partial charge in [0.15, 0.2) is 14.9 Å². The molecule has 1 N–H and O–H groups in total. The summed E-state index contributed by atoms with van der Waals surface area (Å²) < 4.78 is 50.3. The summed E-state index contributed by atoms with van der Waals surface area (Å²) >= 11 is 11.8. The third-order valence-corrected chi connectivity index (χ3v) is 6.71. The molecule has 1 heterocycles. The van der Waals surface area contributed by atoms with Crippen LogP contribution in [0.25, 0.3) is 11.3 Å². The first-order valence-electron chi connectivity index (χ1n) is 7.68. The molecule has 3 aromatic rings. The van der Waals surface area contributed by atoms with Gasteiger partial charge in [-0.25, -0.2) is 16.8 Å². The molecule has 11 heteroatoms. The molecule has 0 bridgehead atoms. The molecule has 0 spiro atoms. The Morgan fingerprint density at radius 2 is 1.54 bits per heavy atom. The molecule has 0 saturated carbocycles. The number of sulfonamides is 1. The second-order valence-corrected chi connectivity index (χ2v) is 10.2. The Morgan fingerprint density at radius 1 is 0.857 bits per heavy atom. The van der Waals surface area contributed by atoms with E-state index in [2.05, 4.69) is 14.9 Å². The van der Waals surface area contributed by atoms with E-state index in [4.69, 9.17) is 23.2 Å². The fourth-order valence-electron chi connectivity index (χ4n) is 2.27. The molecule has 146 valence electrons. The molecule has 28 heavy (non-hydrogen) atoms. The van der Waals surface area contributed by atoms with Gasteiger partial charge in [-0.05, 0) is 42.5 Å². The molecular formula is C17H13Cl2N3O4S2. The van der Waals surface area contributed by atoms with Crippen molar-refractivity contribution in [2.45, 2.75) is 9.92 Å². The number of anilines is 1. The van der Waals surface area contributed by atoms with Gasteiger partial charge in [-0.15, -0.1) is 10.2 Å². The lowest BCUT2D eigenvalue weighted by Gasteiger charge is -2.10. The summed E-state index contributed by atoms with van der Waals surface area (Å²) in [7, 11) is -7.36. The topological polar surface area (TPSA) is 106 Å². The lowest BCUT2D eigenvalue weighted by molar-refractivity contribution is 0.595. The van der Waals surface area contributed by atoms with Gasteiger partial charge >= 0.3 is 0 Å². The van der Waals surface area contributed by atoms with E-state index in [1.54, 1.807) is 12.1 Å². The smallest absolute Gasteiger partial charge is 0.263 e. The lowest BCUT2D eigenvalue weighted by Crippen LogP contribution is -2.13. The van der Waals surface area contributed by atoms with E-state index in [0.29, 0.717) is 16.9 Å². The number of aromatic nitrogens is 2. The predicted molar refractivity (Wildman–Crippen MR) is 108 cm³/mol. The number of benzene rings is 2. The normalized spacial score (nSPS) is 12.0. The molecule has 0 radical (unpaired) electrons. The highest BCUT2D eigenvalue weighted by Gasteiger charge is 2.19. The third kappa shape index (κ3) is 4.61. The average Bonchev–Trinajstić information content (AvgIpc) is 2.63. The highest BCUT2D eigenvalue weighted by molar-refractivity contribution is 7.92. The molecule has 3 rings (SSSR count). The largest absolute Gasteiger partial charge is 0.280 e. The lowest BCUT2D eigenvalue weighted by atomic mass is 10.1. The zero-order valence-corrected chi connectivity index (χ0v) is 17.4. The summed E-state index contributed by atoms with van der Waals surface area (Å²) in [6.07, 6.45) is 1.05. The summed E-state index contributed by atoms with van der Waals surface area (Å²) in [6, 6.07) is 13.4. The van der Waals surface area contributed by atoms with Gasteiger partial charge in [0.05, 0.1) is 10.7 Å². The molecule has 0 amide bonds. The molecule has 0 unspecified atom stereocenters. The molecule has 0 atom stereocenters. The van der Waals surface area contributed by atoms with E-state index in [9.17, 15) is 16.8 Å².